The number of hydrogen-bond donors (Lipinski definition) is 1. The Bertz CT molecular complexity index is 971. The predicted molar refractivity (Wildman–Crippen MR) is 103 cm³/mol. The Hall–Kier alpha value is -1.90. The number of anilines is 2. The summed E-state index contributed by atoms with van der Waals surface area (Å²) in [6.45, 7) is 1.62. The van der Waals surface area contributed by atoms with Gasteiger partial charge in [0.05, 0.1) is 22.0 Å². The van der Waals surface area contributed by atoms with Crippen molar-refractivity contribution in [2.75, 3.05) is 15.9 Å². The molecule has 2 aromatic carbocycles. The minimum atomic E-state index is -3.87. The van der Waals surface area contributed by atoms with Crippen molar-refractivity contribution in [2.24, 2.45) is 0 Å². The van der Waals surface area contributed by atoms with E-state index in [1.165, 1.54) is 24.3 Å². The molecule has 0 saturated carbocycles. The van der Waals surface area contributed by atoms with Crippen molar-refractivity contribution in [3.05, 3.63) is 58.1 Å². The molecular weight excluding hydrogens is 421 g/mol. The molecule has 0 saturated heterocycles. The van der Waals surface area contributed by atoms with Gasteiger partial charge in [0.2, 0.25) is 15.9 Å². The standard InChI is InChI=1S/C17H16Cl2F2N2O3S/c1-3-16(17(24)22-10-4-7-14(20)15(21)8-10)23(27(2,25)26)11-5-6-12(18)13(19)9-11/h4-9,16H,3H2,1-2H3,(H,22,24)/t16-/m1/s1. The molecule has 1 N–H and O–H groups in total. The lowest BCUT2D eigenvalue weighted by molar-refractivity contribution is -0.117. The van der Waals surface area contributed by atoms with Crippen molar-refractivity contribution in [3.8, 4) is 0 Å². The van der Waals surface area contributed by atoms with E-state index in [0.717, 1.165) is 22.7 Å². The average Bonchev–Trinajstić information content (AvgIpc) is 2.57. The molecule has 0 aliphatic heterocycles. The number of carbonyl (C=O) groups is 1. The first-order valence-electron chi connectivity index (χ1n) is 7.75. The Morgan fingerprint density at radius 2 is 1.78 bits per heavy atom. The molecule has 0 radical (unpaired) electrons. The van der Waals surface area contributed by atoms with E-state index in [-0.39, 0.29) is 27.8 Å². The Labute approximate surface area is 165 Å². The van der Waals surface area contributed by atoms with E-state index in [1.807, 2.05) is 0 Å². The van der Waals surface area contributed by atoms with E-state index < -0.39 is 33.6 Å². The van der Waals surface area contributed by atoms with Gasteiger partial charge in [-0.3, -0.25) is 9.10 Å². The lowest BCUT2D eigenvalue weighted by Gasteiger charge is -2.30. The Balaban J connectivity index is 2.40. The molecule has 0 aliphatic rings. The first kappa shape index (κ1) is 21.4. The van der Waals surface area contributed by atoms with Crippen LogP contribution in [-0.4, -0.2) is 26.6 Å². The average molecular weight is 437 g/mol. The molecule has 5 nitrogen and oxygen atoms in total. The summed E-state index contributed by atoms with van der Waals surface area (Å²) in [6, 6.07) is 5.86. The van der Waals surface area contributed by atoms with E-state index in [9.17, 15) is 22.0 Å². The molecule has 2 rings (SSSR count). The molecular formula is C17H16Cl2F2N2O3S. The van der Waals surface area contributed by atoms with Crippen LogP contribution in [0.15, 0.2) is 36.4 Å². The summed E-state index contributed by atoms with van der Waals surface area (Å²) in [6.07, 6.45) is 1.06. The van der Waals surface area contributed by atoms with Gasteiger partial charge in [0.25, 0.3) is 0 Å². The van der Waals surface area contributed by atoms with Gasteiger partial charge in [-0.05, 0) is 36.8 Å². The molecule has 0 heterocycles. The van der Waals surface area contributed by atoms with Crippen LogP contribution < -0.4 is 9.62 Å². The third-order valence-electron chi connectivity index (χ3n) is 3.67. The maximum Gasteiger partial charge on any atom is 0.248 e. The van der Waals surface area contributed by atoms with Gasteiger partial charge in [0.1, 0.15) is 6.04 Å². The summed E-state index contributed by atoms with van der Waals surface area (Å²) < 4.78 is 52.0. The van der Waals surface area contributed by atoms with Gasteiger partial charge >= 0.3 is 0 Å². The summed E-state index contributed by atoms with van der Waals surface area (Å²) in [5, 5.41) is 2.75. The van der Waals surface area contributed by atoms with Gasteiger partial charge in [-0.25, -0.2) is 17.2 Å². The Kier molecular flexibility index (Phi) is 6.67. The number of carbonyl (C=O) groups excluding carboxylic acids is 1. The number of rotatable bonds is 6. The molecule has 0 fully saturated rings. The SMILES string of the molecule is CC[C@H](C(=O)Nc1ccc(F)c(F)c1)N(c1ccc(Cl)c(Cl)c1)S(C)(=O)=O. The Morgan fingerprint density at radius 3 is 2.30 bits per heavy atom. The smallest absolute Gasteiger partial charge is 0.248 e. The van der Waals surface area contributed by atoms with Crippen LogP contribution in [-0.2, 0) is 14.8 Å². The van der Waals surface area contributed by atoms with Crippen LogP contribution in [0, 0.1) is 11.6 Å². The van der Waals surface area contributed by atoms with Crippen molar-refractivity contribution >= 4 is 50.5 Å². The van der Waals surface area contributed by atoms with Crippen LogP contribution >= 0.6 is 23.2 Å². The number of nitrogens with zero attached hydrogens (tertiary/aromatic N) is 1. The maximum absolute atomic E-state index is 13.3. The van der Waals surface area contributed by atoms with Crippen LogP contribution in [0.1, 0.15) is 13.3 Å². The second-order valence-corrected chi connectivity index (χ2v) is 8.37. The maximum atomic E-state index is 13.3. The minimum Gasteiger partial charge on any atom is -0.324 e. The van der Waals surface area contributed by atoms with Crippen LogP contribution in [0.3, 0.4) is 0 Å². The molecule has 0 spiro atoms. The fraction of sp³-hybridized carbons (Fsp3) is 0.235. The van der Waals surface area contributed by atoms with Gasteiger partial charge in [0, 0.05) is 11.8 Å². The van der Waals surface area contributed by atoms with Gasteiger partial charge in [-0.15, -0.1) is 0 Å². The normalized spacial score (nSPS) is 12.5. The summed E-state index contributed by atoms with van der Waals surface area (Å²) in [7, 11) is -3.87. The van der Waals surface area contributed by atoms with Crippen LogP contribution in [0.5, 0.6) is 0 Å². The molecule has 10 heteroatoms. The highest BCUT2D eigenvalue weighted by molar-refractivity contribution is 7.92. The highest BCUT2D eigenvalue weighted by atomic mass is 35.5. The van der Waals surface area contributed by atoms with Crippen molar-refractivity contribution in [1.82, 2.24) is 0 Å². The zero-order chi connectivity index (χ0) is 20.4. The topological polar surface area (TPSA) is 66.5 Å². The minimum absolute atomic E-state index is 0.0000560. The van der Waals surface area contributed by atoms with E-state index in [2.05, 4.69) is 5.32 Å². The first-order chi connectivity index (χ1) is 12.5. The van der Waals surface area contributed by atoms with Crippen molar-refractivity contribution in [3.63, 3.8) is 0 Å². The number of benzene rings is 2. The summed E-state index contributed by atoms with van der Waals surface area (Å²) in [5.74, 6) is -2.90. The van der Waals surface area contributed by atoms with E-state index >= 15 is 0 Å². The molecule has 0 unspecified atom stereocenters. The molecule has 0 aliphatic carbocycles. The molecule has 0 aromatic heterocycles. The Morgan fingerprint density at radius 1 is 1.11 bits per heavy atom. The molecule has 1 atom stereocenters. The van der Waals surface area contributed by atoms with Crippen LogP contribution in [0.4, 0.5) is 20.2 Å². The highest BCUT2D eigenvalue weighted by Crippen LogP contribution is 2.30. The van der Waals surface area contributed by atoms with Gasteiger partial charge in [-0.1, -0.05) is 30.1 Å². The van der Waals surface area contributed by atoms with Crippen LogP contribution in [0.2, 0.25) is 10.0 Å². The predicted octanol–water partition coefficient (Wildman–Crippen LogP) is 4.45. The fourth-order valence-corrected chi connectivity index (χ4v) is 3.98. The zero-order valence-electron chi connectivity index (χ0n) is 14.3. The lowest BCUT2D eigenvalue weighted by atomic mass is 10.1. The third kappa shape index (κ3) is 5.09. The van der Waals surface area contributed by atoms with E-state index in [0.29, 0.717) is 0 Å². The van der Waals surface area contributed by atoms with Gasteiger partial charge in [0.15, 0.2) is 11.6 Å². The van der Waals surface area contributed by atoms with Crippen molar-refractivity contribution in [1.29, 1.82) is 0 Å². The molecule has 2 aromatic rings. The van der Waals surface area contributed by atoms with Gasteiger partial charge < -0.3 is 5.32 Å². The number of hydrogen-bond acceptors (Lipinski definition) is 3. The number of amides is 1. The third-order valence-corrected chi connectivity index (χ3v) is 5.59. The molecule has 146 valence electrons. The summed E-state index contributed by atoms with van der Waals surface area (Å²) >= 11 is 11.8. The fourth-order valence-electron chi connectivity index (χ4n) is 2.48. The molecule has 1 amide bonds. The van der Waals surface area contributed by atoms with Crippen LogP contribution in [0.25, 0.3) is 0 Å². The molecule has 0 bridgehead atoms. The van der Waals surface area contributed by atoms with Crippen molar-refractivity contribution < 1.29 is 22.0 Å². The lowest BCUT2D eigenvalue weighted by Crippen LogP contribution is -2.47. The number of nitrogens with one attached hydrogen (secondary N) is 1. The van der Waals surface area contributed by atoms with E-state index in [4.69, 9.17) is 23.2 Å². The van der Waals surface area contributed by atoms with E-state index in [1.54, 1.807) is 6.92 Å². The molecule has 27 heavy (non-hydrogen) atoms. The number of sulfonamides is 1. The van der Waals surface area contributed by atoms with Gasteiger partial charge in [-0.2, -0.15) is 0 Å². The summed E-state index contributed by atoms with van der Waals surface area (Å²) in [5.41, 5.74) is 0.152. The quantitative estimate of drug-likeness (QED) is 0.726. The first-order valence-corrected chi connectivity index (χ1v) is 10.4. The largest absolute Gasteiger partial charge is 0.324 e. The highest BCUT2D eigenvalue weighted by Gasteiger charge is 2.32. The number of halogens is 4. The van der Waals surface area contributed by atoms with Crippen molar-refractivity contribution in [2.45, 2.75) is 19.4 Å². The zero-order valence-corrected chi connectivity index (χ0v) is 16.7. The summed E-state index contributed by atoms with van der Waals surface area (Å²) in [4.78, 5) is 12.7. The second kappa shape index (κ2) is 8.41. The second-order valence-electron chi connectivity index (χ2n) is 5.70. The monoisotopic (exact) mass is 436 g/mol.